The molecule has 0 aliphatic carbocycles. The molecule has 1 atom stereocenters. The summed E-state index contributed by atoms with van der Waals surface area (Å²) in [6, 6.07) is 4.76. The quantitative estimate of drug-likeness (QED) is 0.821. The van der Waals surface area contributed by atoms with Crippen LogP contribution in [-0.4, -0.2) is 66.0 Å². The van der Waals surface area contributed by atoms with Crippen LogP contribution in [0.2, 0.25) is 0 Å². The number of benzene rings is 1. The summed E-state index contributed by atoms with van der Waals surface area (Å²) < 4.78 is 10.4. The van der Waals surface area contributed by atoms with Crippen molar-refractivity contribution in [1.29, 1.82) is 0 Å². The minimum absolute atomic E-state index is 0.165. The number of carbonyl (C=O) groups is 3. The van der Waals surface area contributed by atoms with Gasteiger partial charge in [0.25, 0.3) is 11.1 Å². The summed E-state index contributed by atoms with van der Waals surface area (Å²) >= 11 is 1.02. The monoisotopic (exact) mass is 350 g/mol. The van der Waals surface area contributed by atoms with Gasteiger partial charge >= 0.3 is 0 Å². The molecular formula is C16H18N2O5S. The molecule has 2 heterocycles. The van der Waals surface area contributed by atoms with Gasteiger partial charge in [-0.3, -0.25) is 19.3 Å². The fraction of sp³-hybridized carbons (Fsp3) is 0.438. The van der Waals surface area contributed by atoms with E-state index < -0.39 is 0 Å². The van der Waals surface area contributed by atoms with Gasteiger partial charge in [0.15, 0.2) is 0 Å². The molecule has 0 bridgehead atoms. The number of amides is 3. The molecule has 2 aliphatic heterocycles. The molecule has 0 saturated carbocycles. The fourth-order valence-electron chi connectivity index (χ4n) is 2.97. The second kappa shape index (κ2) is 6.72. The fourth-order valence-corrected chi connectivity index (χ4v) is 3.74. The molecule has 24 heavy (non-hydrogen) atoms. The lowest BCUT2D eigenvalue weighted by molar-refractivity contribution is -0.126. The lowest BCUT2D eigenvalue weighted by Gasteiger charge is -2.22. The maximum Gasteiger partial charge on any atom is 0.289 e. The summed E-state index contributed by atoms with van der Waals surface area (Å²) in [5.74, 6) is 0.925. The van der Waals surface area contributed by atoms with Crippen molar-refractivity contribution in [3.63, 3.8) is 0 Å². The summed E-state index contributed by atoms with van der Waals surface area (Å²) in [4.78, 5) is 39.3. The van der Waals surface area contributed by atoms with Crippen molar-refractivity contribution in [2.75, 3.05) is 33.1 Å². The van der Waals surface area contributed by atoms with Crippen LogP contribution in [-0.2, 0) is 4.79 Å². The SMILES string of the molecule is COc1cc(OC)cc(C(=O)N2CCC(N3C(=O)CSC3=O)C2)c1. The molecule has 2 saturated heterocycles. The molecule has 0 aromatic heterocycles. The van der Waals surface area contributed by atoms with E-state index in [4.69, 9.17) is 9.47 Å². The normalized spacial score (nSPS) is 20.7. The topological polar surface area (TPSA) is 76.2 Å². The molecule has 7 nitrogen and oxygen atoms in total. The number of nitrogens with zero attached hydrogens (tertiary/aromatic N) is 2. The van der Waals surface area contributed by atoms with Gasteiger partial charge in [-0.1, -0.05) is 11.8 Å². The van der Waals surface area contributed by atoms with Crippen molar-refractivity contribution in [2.45, 2.75) is 12.5 Å². The number of ether oxygens (including phenoxy) is 2. The number of imide groups is 1. The van der Waals surface area contributed by atoms with Gasteiger partial charge in [0.2, 0.25) is 5.91 Å². The second-order valence-corrected chi connectivity index (χ2v) is 6.54. The van der Waals surface area contributed by atoms with Crippen LogP contribution in [0.25, 0.3) is 0 Å². The lowest BCUT2D eigenvalue weighted by atomic mass is 10.1. The zero-order chi connectivity index (χ0) is 17.3. The molecule has 3 rings (SSSR count). The summed E-state index contributed by atoms with van der Waals surface area (Å²) in [6.07, 6.45) is 0.602. The highest BCUT2D eigenvalue weighted by Gasteiger charge is 2.40. The van der Waals surface area contributed by atoms with Crippen LogP contribution in [0.4, 0.5) is 4.79 Å². The van der Waals surface area contributed by atoms with Crippen LogP contribution >= 0.6 is 11.8 Å². The number of methoxy groups -OCH3 is 2. The highest BCUT2D eigenvalue weighted by atomic mass is 32.2. The standard InChI is InChI=1S/C16H18N2O5S/c1-22-12-5-10(6-13(7-12)23-2)15(20)17-4-3-11(8-17)18-14(19)9-24-16(18)21/h5-7,11H,3-4,8-9H2,1-2H3. The first-order valence-corrected chi connectivity index (χ1v) is 8.53. The maximum atomic E-state index is 12.7. The molecule has 3 amide bonds. The average Bonchev–Trinajstić information content (AvgIpc) is 3.20. The minimum atomic E-state index is -0.239. The van der Waals surface area contributed by atoms with Gasteiger partial charge in [-0.2, -0.15) is 0 Å². The summed E-state index contributed by atoms with van der Waals surface area (Å²) in [6.45, 7) is 0.862. The van der Waals surface area contributed by atoms with Gasteiger partial charge in [-0.05, 0) is 18.6 Å². The van der Waals surface area contributed by atoms with Crippen LogP contribution in [0, 0.1) is 0 Å². The van der Waals surface area contributed by atoms with E-state index in [9.17, 15) is 14.4 Å². The van der Waals surface area contributed by atoms with Crippen molar-refractivity contribution in [3.8, 4) is 11.5 Å². The molecule has 0 N–H and O–H groups in total. The van der Waals surface area contributed by atoms with E-state index in [0.29, 0.717) is 36.6 Å². The van der Waals surface area contributed by atoms with Gasteiger partial charge in [0.1, 0.15) is 11.5 Å². The molecule has 1 aromatic rings. The van der Waals surface area contributed by atoms with E-state index in [1.165, 1.54) is 19.1 Å². The Hall–Kier alpha value is -2.22. The van der Waals surface area contributed by atoms with Gasteiger partial charge in [-0.25, -0.2) is 0 Å². The second-order valence-electron chi connectivity index (χ2n) is 5.61. The molecular weight excluding hydrogens is 332 g/mol. The number of carbonyl (C=O) groups excluding carboxylic acids is 3. The first-order chi connectivity index (χ1) is 11.5. The first kappa shape index (κ1) is 16.6. The number of likely N-dealkylation sites (tertiary alicyclic amines) is 1. The zero-order valence-electron chi connectivity index (χ0n) is 13.5. The highest BCUT2D eigenvalue weighted by Crippen LogP contribution is 2.28. The maximum absolute atomic E-state index is 12.7. The number of hydrogen-bond acceptors (Lipinski definition) is 6. The van der Waals surface area contributed by atoms with E-state index in [-0.39, 0.29) is 28.8 Å². The molecule has 1 unspecified atom stereocenters. The van der Waals surface area contributed by atoms with Gasteiger partial charge in [-0.15, -0.1) is 0 Å². The third-order valence-corrected chi connectivity index (χ3v) is 5.03. The molecule has 2 aliphatic rings. The predicted octanol–water partition coefficient (Wildman–Crippen LogP) is 1.61. The van der Waals surface area contributed by atoms with Crippen molar-refractivity contribution < 1.29 is 23.9 Å². The summed E-state index contributed by atoms with van der Waals surface area (Å²) in [5, 5.41) is -0.220. The van der Waals surface area contributed by atoms with E-state index in [1.807, 2.05) is 0 Å². The smallest absolute Gasteiger partial charge is 0.289 e. The molecule has 0 radical (unpaired) electrons. The summed E-state index contributed by atoms with van der Waals surface area (Å²) in [5.41, 5.74) is 0.459. The van der Waals surface area contributed by atoms with Crippen LogP contribution < -0.4 is 9.47 Å². The van der Waals surface area contributed by atoms with Crippen molar-refractivity contribution in [1.82, 2.24) is 9.80 Å². The van der Waals surface area contributed by atoms with Crippen molar-refractivity contribution in [3.05, 3.63) is 23.8 Å². The molecule has 0 spiro atoms. The Morgan fingerprint density at radius 1 is 1.17 bits per heavy atom. The highest BCUT2D eigenvalue weighted by molar-refractivity contribution is 8.14. The minimum Gasteiger partial charge on any atom is -0.497 e. The Labute approximate surface area is 143 Å². The van der Waals surface area contributed by atoms with Crippen LogP contribution in [0.3, 0.4) is 0 Å². The molecule has 1 aromatic carbocycles. The molecule has 2 fully saturated rings. The van der Waals surface area contributed by atoms with Gasteiger partial charge in [0, 0.05) is 24.7 Å². The third-order valence-electron chi connectivity index (χ3n) is 4.20. The lowest BCUT2D eigenvalue weighted by Crippen LogP contribution is -2.41. The predicted molar refractivity (Wildman–Crippen MR) is 88.6 cm³/mol. The number of hydrogen-bond donors (Lipinski definition) is 0. The molecule has 8 heteroatoms. The van der Waals surface area contributed by atoms with Crippen LogP contribution in [0.5, 0.6) is 11.5 Å². The zero-order valence-corrected chi connectivity index (χ0v) is 14.3. The third kappa shape index (κ3) is 3.06. The summed E-state index contributed by atoms with van der Waals surface area (Å²) in [7, 11) is 3.05. The first-order valence-electron chi connectivity index (χ1n) is 7.54. The number of thioether (sulfide) groups is 1. The van der Waals surface area contributed by atoms with E-state index in [1.54, 1.807) is 23.1 Å². The number of rotatable bonds is 4. The Kier molecular flexibility index (Phi) is 4.66. The van der Waals surface area contributed by atoms with E-state index >= 15 is 0 Å². The Balaban J connectivity index is 1.75. The van der Waals surface area contributed by atoms with Gasteiger partial charge in [0.05, 0.1) is 26.0 Å². The van der Waals surface area contributed by atoms with Crippen molar-refractivity contribution in [2.24, 2.45) is 0 Å². The Bertz CT molecular complexity index is 655. The Morgan fingerprint density at radius 2 is 1.83 bits per heavy atom. The largest absolute Gasteiger partial charge is 0.497 e. The average molecular weight is 350 g/mol. The van der Waals surface area contributed by atoms with Gasteiger partial charge < -0.3 is 14.4 Å². The van der Waals surface area contributed by atoms with Crippen molar-refractivity contribution >= 4 is 28.8 Å². The van der Waals surface area contributed by atoms with E-state index in [2.05, 4.69) is 0 Å². The van der Waals surface area contributed by atoms with Crippen LogP contribution in [0.1, 0.15) is 16.8 Å². The van der Waals surface area contributed by atoms with Crippen LogP contribution in [0.15, 0.2) is 18.2 Å². The molecule has 128 valence electrons. The Morgan fingerprint density at radius 3 is 2.38 bits per heavy atom. The van der Waals surface area contributed by atoms with E-state index in [0.717, 1.165) is 11.8 Å².